The molecule has 0 unspecified atom stereocenters. The van der Waals surface area contributed by atoms with E-state index in [1.807, 2.05) is 37.3 Å². The van der Waals surface area contributed by atoms with Gasteiger partial charge < -0.3 is 14.9 Å². The Morgan fingerprint density at radius 1 is 1.12 bits per heavy atom. The second-order valence-corrected chi connectivity index (χ2v) is 6.57. The van der Waals surface area contributed by atoms with Crippen LogP contribution < -0.4 is 10.5 Å². The number of aryl methyl sites for hydroxylation is 2. The van der Waals surface area contributed by atoms with Crippen molar-refractivity contribution in [1.29, 1.82) is 0 Å². The molecule has 5 nitrogen and oxygen atoms in total. The lowest BCUT2D eigenvalue weighted by molar-refractivity contribution is 0.111. The minimum Gasteiger partial charge on any atom is -0.490 e. The summed E-state index contributed by atoms with van der Waals surface area (Å²) in [6.45, 7) is 9.45. The highest BCUT2D eigenvalue weighted by Crippen LogP contribution is 2.24. The minimum absolute atomic E-state index is 0.113. The Labute approximate surface area is 187 Å². The lowest BCUT2D eigenvalue weighted by Crippen LogP contribution is -2.06. The van der Waals surface area contributed by atoms with Crippen LogP contribution in [0.2, 0.25) is 0 Å². The van der Waals surface area contributed by atoms with E-state index in [2.05, 4.69) is 24.2 Å². The molecule has 0 aliphatic rings. The monoisotopic (exact) mass is 444 g/mol. The predicted octanol–water partition coefficient (Wildman–Crippen LogP) is 5.83. The van der Waals surface area contributed by atoms with Gasteiger partial charge in [-0.2, -0.15) is 0 Å². The van der Waals surface area contributed by atoms with Crippen molar-refractivity contribution in [3.05, 3.63) is 83.3 Å². The summed E-state index contributed by atoms with van der Waals surface area (Å²) in [7, 11) is 1.50. The van der Waals surface area contributed by atoms with Crippen LogP contribution in [0.25, 0.3) is 11.5 Å². The van der Waals surface area contributed by atoms with Crippen LogP contribution >= 0.6 is 0 Å². The first kappa shape index (κ1) is 26.7. The first-order valence-electron chi connectivity index (χ1n) is 10.2. The van der Waals surface area contributed by atoms with Crippen molar-refractivity contribution >= 4 is 6.29 Å². The number of hydrogen-bond acceptors (Lipinski definition) is 5. The normalized spacial score (nSPS) is 9.72. The van der Waals surface area contributed by atoms with Crippen molar-refractivity contribution in [2.45, 2.75) is 33.6 Å². The Balaban J connectivity index is 0.000000769. The third kappa shape index (κ3) is 7.42. The van der Waals surface area contributed by atoms with Gasteiger partial charge in [0.15, 0.2) is 17.9 Å². The van der Waals surface area contributed by atoms with Gasteiger partial charge in [0, 0.05) is 12.0 Å². The summed E-state index contributed by atoms with van der Waals surface area (Å²) in [5.74, 6) is -0.934. The summed E-state index contributed by atoms with van der Waals surface area (Å²) in [5, 5.41) is 0. The number of nitrogens with two attached hydrogens (primary N) is 1. The molecule has 1 heterocycles. The largest absolute Gasteiger partial charge is 0.490 e. The molecule has 0 saturated heterocycles. The summed E-state index contributed by atoms with van der Waals surface area (Å²) >= 11 is 0. The van der Waals surface area contributed by atoms with Gasteiger partial charge in [0.2, 0.25) is 5.89 Å². The molecule has 0 amide bonds. The molecule has 3 aromatic rings. The quantitative estimate of drug-likeness (QED) is 0.366. The highest BCUT2D eigenvalue weighted by molar-refractivity contribution is 5.76. The fraction of sp³-hybridized carbons (Fsp3) is 0.280. The second kappa shape index (κ2) is 13.9. The molecule has 0 aliphatic heterocycles. The molecule has 2 aromatic carbocycles. The van der Waals surface area contributed by atoms with Gasteiger partial charge in [-0.05, 0) is 51.6 Å². The SMILES string of the molecule is C=CCC.CN.Cc1ccc(-c2nc(CCOc3ccc(F)c(C=O)c3F)c(C)o2)cc1. The Morgan fingerprint density at radius 3 is 2.31 bits per heavy atom. The van der Waals surface area contributed by atoms with E-state index in [0.717, 1.165) is 29.7 Å². The molecule has 0 spiro atoms. The maximum atomic E-state index is 14.0. The number of oxazole rings is 1. The summed E-state index contributed by atoms with van der Waals surface area (Å²) in [6.07, 6.45) is 3.47. The van der Waals surface area contributed by atoms with Gasteiger partial charge in [-0.15, -0.1) is 6.58 Å². The second-order valence-electron chi connectivity index (χ2n) is 6.57. The van der Waals surface area contributed by atoms with E-state index in [-0.39, 0.29) is 18.6 Å². The summed E-state index contributed by atoms with van der Waals surface area (Å²) < 4.78 is 38.3. The third-order valence-corrected chi connectivity index (χ3v) is 4.29. The number of aromatic nitrogens is 1. The lowest BCUT2D eigenvalue weighted by Gasteiger charge is -2.08. The van der Waals surface area contributed by atoms with Crippen molar-refractivity contribution in [2.75, 3.05) is 13.7 Å². The molecule has 172 valence electrons. The molecule has 0 fully saturated rings. The molecule has 0 saturated carbocycles. The fourth-order valence-corrected chi connectivity index (χ4v) is 2.51. The van der Waals surface area contributed by atoms with E-state index < -0.39 is 17.2 Å². The number of ether oxygens (including phenoxy) is 1. The van der Waals surface area contributed by atoms with Crippen LogP contribution in [0, 0.1) is 25.5 Å². The fourth-order valence-electron chi connectivity index (χ4n) is 2.51. The van der Waals surface area contributed by atoms with Crippen LogP contribution in [0.5, 0.6) is 5.75 Å². The molecule has 3 rings (SSSR count). The Morgan fingerprint density at radius 2 is 1.75 bits per heavy atom. The number of hydrogen-bond donors (Lipinski definition) is 1. The van der Waals surface area contributed by atoms with E-state index in [4.69, 9.17) is 9.15 Å². The van der Waals surface area contributed by atoms with Gasteiger partial charge in [0.1, 0.15) is 11.6 Å². The number of halogens is 2. The van der Waals surface area contributed by atoms with Crippen LogP contribution in [-0.4, -0.2) is 24.9 Å². The molecular weight excluding hydrogens is 414 g/mol. The molecule has 0 atom stereocenters. The highest BCUT2D eigenvalue weighted by atomic mass is 19.1. The Hall–Kier alpha value is -3.32. The zero-order valence-corrected chi connectivity index (χ0v) is 19.0. The van der Waals surface area contributed by atoms with E-state index >= 15 is 0 Å². The zero-order valence-electron chi connectivity index (χ0n) is 19.0. The number of carbonyl (C=O) groups excluding carboxylic acids is 1. The Bertz CT molecular complexity index is 999. The van der Waals surface area contributed by atoms with Crippen LogP contribution in [-0.2, 0) is 6.42 Å². The van der Waals surface area contributed by atoms with E-state index in [0.29, 0.717) is 23.8 Å². The number of allylic oxidation sites excluding steroid dienone is 1. The van der Waals surface area contributed by atoms with Gasteiger partial charge >= 0.3 is 0 Å². The molecule has 7 heteroatoms. The van der Waals surface area contributed by atoms with Gasteiger partial charge in [0.25, 0.3) is 0 Å². The molecule has 0 bridgehead atoms. The topological polar surface area (TPSA) is 78.4 Å². The standard InChI is InChI=1S/C20H17F2NO3.C4H8.CH5N/c1-12-3-5-14(6-4-12)20-23-17(13(2)26-20)9-10-25-18-8-7-16(21)15(11-24)19(18)22;1-3-4-2;1-2/h3-8,11H,9-10H2,1-2H3;3H,1,4H2,2H3;2H2,1H3. The summed E-state index contributed by atoms with van der Waals surface area (Å²) in [5.41, 5.74) is 6.56. The lowest BCUT2D eigenvalue weighted by atomic mass is 10.1. The van der Waals surface area contributed by atoms with Crippen molar-refractivity contribution in [3.63, 3.8) is 0 Å². The predicted molar refractivity (Wildman–Crippen MR) is 123 cm³/mol. The maximum absolute atomic E-state index is 14.0. The average Bonchev–Trinajstić information content (AvgIpc) is 3.18. The number of benzene rings is 2. The van der Waals surface area contributed by atoms with Crippen LogP contribution in [0.4, 0.5) is 8.78 Å². The first-order valence-corrected chi connectivity index (χ1v) is 10.2. The van der Waals surface area contributed by atoms with E-state index in [9.17, 15) is 13.6 Å². The summed E-state index contributed by atoms with van der Waals surface area (Å²) in [6, 6.07) is 9.95. The van der Waals surface area contributed by atoms with Crippen molar-refractivity contribution in [2.24, 2.45) is 5.73 Å². The zero-order chi connectivity index (χ0) is 24.1. The van der Waals surface area contributed by atoms with Crippen molar-refractivity contribution < 1.29 is 22.7 Å². The molecule has 2 N–H and O–H groups in total. The average molecular weight is 445 g/mol. The first-order chi connectivity index (χ1) is 15.4. The number of carbonyl (C=O) groups is 1. The van der Waals surface area contributed by atoms with Crippen molar-refractivity contribution in [3.8, 4) is 17.2 Å². The van der Waals surface area contributed by atoms with Gasteiger partial charge in [-0.25, -0.2) is 13.8 Å². The highest BCUT2D eigenvalue weighted by Gasteiger charge is 2.15. The molecule has 0 aliphatic carbocycles. The van der Waals surface area contributed by atoms with Crippen molar-refractivity contribution in [1.82, 2.24) is 4.98 Å². The number of rotatable bonds is 7. The smallest absolute Gasteiger partial charge is 0.226 e. The van der Waals surface area contributed by atoms with Gasteiger partial charge in [0.05, 0.1) is 17.9 Å². The summed E-state index contributed by atoms with van der Waals surface area (Å²) in [4.78, 5) is 15.2. The minimum atomic E-state index is -1.00. The van der Waals surface area contributed by atoms with Gasteiger partial charge in [-0.3, -0.25) is 4.79 Å². The van der Waals surface area contributed by atoms with E-state index in [1.165, 1.54) is 7.05 Å². The van der Waals surface area contributed by atoms with E-state index in [1.54, 1.807) is 6.92 Å². The maximum Gasteiger partial charge on any atom is 0.226 e. The van der Waals surface area contributed by atoms with Gasteiger partial charge in [-0.1, -0.05) is 30.7 Å². The Kier molecular flexibility index (Phi) is 11.6. The molecule has 32 heavy (non-hydrogen) atoms. The molecular formula is C25H30F2N2O3. The van der Waals surface area contributed by atoms with Crippen LogP contribution in [0.15, 0.2) is 53.5 Å². The third-order valence-electron chi connectivity index (χ3n) is 4.29. The van der Waals surface area contributed by atoms with Crippen LogP contribution in [0.1, 0.15) is 40.7 Å². The number of aldehydes is 1. The van der Waals surface area contributed by atoms with Crippen LogP contribution in [0.3, 0.4) is 0 Å². The molecule has 1 aromatic heterocycles. The number of nitrogens with zero attached hydrogens (tertiary/aromatic N) is 1. The molecule has 0 radical (unpaired) electrons.